The molecule has 4 rings (SSSR count). The Morgan fingerprint density at radius 2 is 1.83 bits per heavy atom. The van der Waals surface area contributed by atoms with Gasteiger partial charge in [0.15, 0.2) is 11.3 Å². The van der Waals surface area contributed by atoms with Crippen molar-refractivity contribution in [2.45, 2.75) is 6.92 Å². The number of fused-ring (bicyclic) bond motifs is 2. The molecule has 2 aromatic rings. The summed E-state index contributed by atoms with van der Waals surface area (Å²) in [6.45, 7) is 2.08. The number of carbonyl (C=O) groups excluding carboxylic acids is 1. The third-order valence-electron chi connectivity index (χ3n) is 4.69. The zero-order chi connectivity index (χ0) is 20.7. The van der Waals surface area contributed by atoms with E-state index in [4.69, 9.17) is 20.3 Å². The molecule has 1 aliphatic heterocycles. The first-order chi connectivity index (χ1) is 13.9. The molecule has 2 aliphatic rings. The summed E-state index contributed by atoms with van der Waals surface area (Å²) in [5.74, 6) is 0.187. The zero-order valence-corrected chi connectivity index (χ0v) is 18.6. The van der Waals surface area contributed by atoms with Crippen molar-refractivity contribution >= 4 is 54.5 Å². The monoisotopic (exact) mass is 515 g/mol. The fourth-order valence-corrected chi connectivity index (χ4v) is 4.21. The van der Waals surface area contributed by atoms with Crippen molar-refractivity contribution in [3.8, 4) is 22.5 Å². The van der Waals surface area contributed by atoms with E-state index in [0.29, 0.717) is 43.5 Å². The third-order valence-corrected chi connectivity index (χ3v) is 6.32. The van der Waals surface area contributed by atoms with Crippen molar-refractivity contribution in [2.24, 2.45) is 0 Å². The van der Waals surface area contributed by atoms with Crippen LogP contribution >= 0.6 is 31.9 Å². The van der Waals surface area contributed by atoms with Crippen LogP contribution in [0.5, 0.6) is 0 Å². The summed E-state index contributed by atoms with van der Waals surface area (Å²) in [4.78, 5) is 12.6. The lowest BCUT2D eigenvalue weighted by Gasteiger charge is -2.18. The van der Waals surface area contributed by atoms with Gasteiger partial charge in [0.2, 0.25) is 5.36 Å². The number of hydrogen-bond acceptors (Lipinski definition) is 4. The highest BCUT2D eigenvalue weighted by atomic mass is 79.9. The van der Waals surface area contributed by atoms with Crippen molar-refractivity contribution in [3.63, 3.8) is 0 Å². The highest BCUT2D eigenvalue weighted by Crippen LogP contribution is 2.45. The highest BCUT2D eigenvalue weighted by molar-refractivity contribution is 9.11. The van der Waals surface area contributed by atoms with E-state index in [1.807, 2.05) is 30.3 Å². The van der Waals surface area contributed by atoms with Gasteiger partial charge in [-0.3, -0.25) is 5.41 Å². The molecule has 1 heterocycles. The molecular weight excluding hydrogens is 500 g/mol. The van der Waals surface area contributed by atoms with Gasteiger partial charge in [0.25, 0.3) is 0 Å². The maximum atomic E-state index is 12.6. The molecule has 0 spiro atoms. The number of rotatable bonds is 3. The SMILES string of the molecule is CCOC(=O)c1ccccc1-c1c2ccc(=[NH2+])c(Br)c-2oc2c(Br)c(N)ccc12. The number of nitrogens with two attached hydrogens (primary N) is 2. The Hall–Kier alpha value is -2.64. The number of halogens is 2. The first-order valence-electron chi connectivity index (χ1n) is 8.92. The van der Waals surface area contributed by atoms with Crippen molar-refractivity contribution in [1.29, 1.82) is 0 Å². The second-order valence-corrected chi connectivity index (χ2v) is 8.02. The molecule has 2 aromatic carbocycles. The van der Waals surface area contributed by atoms with Crippen molar-refractivity contribution < 1.29 is 19.4 Å². The van der Waals surface area contributed by atoms with Gasteiger partial charge in [-0.15, -0.1) is 0 Å². The quantitative estimate of drug-likeness (QED) is 0.243. The number of benzene rings is 3. The molecular formula is C22H17Br2N2O3+. The summed E-state index contributed by atoms with van der Waals surface area (Å²) < 4.78 is 12.8. The zero-order valence-electron chi connectivity index (χ0n) is 15.5. The largest absolute Gasteiger partial charge is 0.462 e. The van der Waals surface area contributed by atoms with Crippen LogP contribution in [-0.4, -0.2) is 12.6 Å². The molecule has 0 unspecified atom stereocenters. The molecule has 0 atom stereocenters. The topological polar surface area (TPSA) is 91.0 Å². The van der Waals surface area contributed by atoms with Crippen molar-refractivity contribution in [2.75, 3.05) is 12.3 Å². The predicted octanol–water partition coefficient (Wildman–Crippen LogP) is 4.15. The first-order valence-corrected chi connectivity index (χ1v) is 10.5. The third kappa shape index (κ3) is 3.24. The Morgan fingerprint density at radius 3 is 2.59 bits per heavy atom. The first kappa shape index (κ1) is 19.7. The number of nitrogen functional groups attached to an aromatic ring is 1. The van der Waals surface area contributed by atoms with Crippen molar-refractivity contribution in [3.05, 3.63) is 68.4 Å². The Labute approximate surface area is 183 Å². The minimum absolute atomic E-state index is 0.295. The van der Waals surface area contributed by atoms with Crippen molar-refractivity contribution in [1.82, 2.24) is 0 Å². The minimum Gasteiger partial charge on any atom is -0.462 e. The van der Waals surface area contributed by atoms with Crippen LogP contribution in [0.4, 0.5) is 5.69 Å². The summed E-state index contributed by atoms with van der Waals surface area (Å²) in [6, 6.07) is 14.7. The number of hydrogen-bond donors (Lipinski definition) is 2. The molecule has 0 radical (unpaired) electrons. The molecule has 0 amide bonds. The second-order valence-electron chi connectivity index (χ2n) is 6.43. The van der Waals surface area contributed by atoms with E-state index in [1.165, 1.54) is 0 Å². The fourth-order valence-electron chi connectivity index (χ4n) is 3.36. The maximum Gasteiger partial charge on any atom is 0.338 e. The van der Waals surface area contributed by atoms with Crippen LogP contribution in [0, 0.1) is 0 Å². The van der Waals surface area contributed by atoms with Gasteiger partial charge in [0, 0.05) is 28.3 Å². The molecule has 4 N–H and O–H groups in total. The summed E-state index contributed by atoms with van der Waals surface area (Å²) in [6.07, 6.45) is 0. The smallest absolute Gasteiger partial charge is 0.338 e. The van der Waals surface area contributed by atoms with Crippen LogP contribution in [0.1, 0.15) is 17.3 Å². The van der Waals surface area contributed by atoms with Gasteiger partial charge in [-0.1, -0.05) is 18.2 Å². The molecule has 29 heavy (non-hydrogen) atoms. The summed E-state index contributed by atoms with van der Waals surface area (Å²) in [5, 5.41) is 7.45. The van der Waals surface area contributed by atoms with Crippen LogP contribution in [0.25, 0.3) is 33.4 Å². The second kappa shape index (κ2) is 7.65. The molecule has 7 heteroatoms. The summed E-state index contributed by atoms with van der Waals surface area (Å²) in [7, 11) is 0. The minimum atomic E-state index is -0.380. The van der Waals surface area contributed by atoms with E-state index in [-0.39, 0.29) is 5.97 Å². The van der Waals surface area contributed by atoms with Crippen LogP contribution in [0.2, 0.25) is 0 Å². The standard InChI is InChI=1S/C22H16Br2N2O3/c1-2-28-22(27)12-6-4-3-5-11(12)17-13-7-9-15(25)18(23)20(13)29-21-14(17)8-10-16(26)19(21)24/h3-10,25H,2,26H2,1H3/p+1. The molecule has 0 bridgehead atoms. The van der Waals surface area contributed by atoms with E-state index >= 15 is 0 Å². The molecule has 0 fully saturated rings. The lowest BCUT2D eigenvalue weighted by Crippen LogP contribution is -2.45. The Kier molecular flexibility index (Phi) is 5.19. The molecule has 1 aliphatic carbocycles. The van der Waals surface area contributed by atoms with E-state index in [0.717, 1.165) is 22.1 Å². The number of esters is 1. The Morgan fingerprint density at radius 1 is 1.07 bits per heavy atom. The normalized spacial score (nSPS) is 11.1. The number of ether oxygens (including phenoxy) is 1. The van der Waals surface area contributed by atoms with Gasteiger partial charge in [-0.05, 0) is 68.6 Å². The van der Waals surface area contributed by atoms with Crippen LogP contribution in [0.15, 0.2) is 61.9 Å². The van der Waals surface area contributed by atoms with Crippen LogP contribution in [0.3, 0.4) is 0 Å². The van der Waals surface area contributed by atoms with E-state index in [9.17, 15) is 4.79 Å². The van der Waals surface area contributed by atoms with Gasteiger partial charge in [0.05, 0.1) is 16.6 Å². The van der Waals surface area contributed by atoms with E-state index in [1.54, 1.807) is 25.1 Å². The summed E-state index contributed by atoms with van der Waals surface area (Å²) >= 11 is 7.06. The van der Waals surface area contributed by atoms with Gasteiger partial charge >= 0.3 is 5.97 Å². The highest BCUT2D eigenvalue weighted by Gasteiger charge is 2.25. The van der Waals surface area contributed by atoms with Gasteiger partial charge < -0.3 is 14.9 Å². The van der Waals surface area contributed by atoms with Gasteiger partial charge in [-0.25, -0.2) is 4.79 Å². The van der Waals surface area contributed by atoms with Crippen LogP contribution < -0.4 is 16.5 Å². The molecule has 0 aromatic heterocycles. The van der Waals surface area contributed by atoms with E-state index in [2.05, 4.69) is 31.9 Å². The maximum absolute atomic E-state index is 12.6. The molecule has 0 saturated carbocycles. The number of anilines is 1. The Bertz CT molecular complexity index is 1300. The van der Waals surface area contributed by atoms with Gasteiger partial charge in [-0.2, -0.15) is 0 Å². The Balaban J connectivity index is 2.20. The van der Waals surface area contributed by atoms with E-state index < -0.39 is 0 Å². The molecule has 5 nitrogen and oxygen atoms in total. The molecule has 146 valence electrons. The predicted molar refractivity (Wildman–Crippen MR) is 119 cm³/mol. The average Bonchev–Trinajstić information content (AvgIpc) is 2.72. The van der Waals surface area contributed by atoms with Gasteiger partial charge in [0.1, 0.15) is 4.47 Å². The van der Waals surface area contributed by atoms with Crippen LogP contribution in [-0.2, 0) is 4.74 Å². The average molecular weight is 517 g/mol. The molecule has 0 saturated heterocycles. The lowest BCUT2D eigenvalue weighted by molar-refractivity contribution is -0.173. The summed E-state index contributed by atoms with van der Waals surface area (Å²) in [5.41, 5.74) is 10.1. The number of carbonyl (C=O) groups is 1. The fraction of sp³-hybridized carbons (Fsp3) is 0.0909. The lowest BCUT2D eigenvalue weighted by atomic mass is 9.90.